The minimum Gasteiger partial charge on any atom is -0.325 e. The van der Waals surface area contributed by atoms with Crippen LogP contribution in [0.1, 0.15) is 15.9 Å². The fourth-order valence-corrected chi connectivity index (χ4v) is 4.26. The number of benzene rings is 2. The molecule has 1 aliphatic heterocycles. The Morgan fingerprint density at radius 1 is 1.20 bits per heavy atom. The van der Waals surface area contributed by atoms with Gasteiger partial charge in [-0.15, -0.1) is 0 Å². The molecule has 0 saturated heterocycles. The summed E-state index contributed by atoms with van der Waals surface area (Å²) in [6.45, 7) is 0.807. The first-order chi connectivity index (χ1) is 12.1. The van der Waals surface area contributed by atoms with Crippen LogP contribution in [-0.2, 0) is 4.79 Å². The predicted molar refractivity (Wildman–Crippen MR) is 107 cm³/mol. The maximum Gasteiger partial charge on any atom is 0.234 e. The molecule has 0 unspecified atom stereocenters. The topological polar surface area (TPSA) is 58.5 Å². The Balaban J connectivity index is 1.74. The molecule has 0 atom stereocenters. The number of nitrogens with zero attached hydrogens (tertiary/aromatic N) is 1. The van der Waals surface area contributed by atoms with Crippen LogP contribution in [0, 0.1) is 0 Å². The van der Waals surface area contributed by atoms with Crippen molar-refractivity contribution in [3.63, 3.8) is 0 Å². The third kappa shape index (κ3) is 4.87. The molecule has 7 heteroatoms. The third-order valence-electron chi connectivity index (χ3n) is 3.42. The molecule has 3 rings (SSSR count). The van der Waals surface area contributed by atoms with Gasteiger partial charge in [0.05, 0.1) is 18.0 Å². The summed E-state index contributed by atoms with van der Waals surface area (Å²) < 4.78 is 0.937. The number of halogens is 1. The Morgan fingerprint density at radius 3 is 2.72 bits per heavy atom. The lowest BCUT2D eigenvalue weighted by Gasteiger charge is -2.11. The molecule has 1 amide bonds. The lowest BCUT2D eigenvalue weighted by atomic mass is 10.0. The monoisotopic (exact) mass is 390 g/mol. The predicted octanol–water partition coefficient (Wildman–Crippen LogP) is 4.35. The molecule has 0 spiro atoms. The van der Waals surface area contributed by atoms with Crippen molar-refractivity contribution in [1.29, 1.82) is 0 Å². The number of ketones is 1. The molecule has 1 aliphatic rings. The Kier molecular flexibility index (Phi) is 6.18. The second-order valence-electron chi connectivity index (χ2n) is 5.22. The van der Waals surface area contributed by atoms with Gasteiger partial charge in [0.15, 0.2) is 5.78 Å². The lowest BCUT2D eigenvalue weighted by Crippen LogP contribution is -2.17. The van der Waals surface area contributed by atoms with Crippen LogP contribution < -0.4 is 5.32 Å². The standard InChI is InChI=1S/C18H15ClN2O2S2/c19-13-6-7-15(21-16(22)11-25-18-20-8-9-24-18)14(10-13)17(23)12-4-2-1-3-5-12/h1-7,10H,8-9,11H2,(H,21,22). The van der Waals surface area contributed by atoms with E-state index in [9.17, 15) is 9.59 Å². The molecular formula is C18H15ClN2O2S2. The van der Waals surface area contributed by atoms with Crippen LogP contribution in [0.4, 0.5) is 5.69 Å². The second-order valence-corrected chi connectivity index (χ2v) is 7.96. The van der Waals surface area contributed by atoms with Crippen LogP contribution in [0.3, 0.4) is 0 Å². The summed E-state index contributed by atoms with van der Waals surface area (Å²) in [7, 11) is 0. The summed E-state index contributed by atoms with van der Waals surface area (Å²) in [5.74, 6) is 0.871. The fourth-order valence-electron chi connectivity index (χ4n) is 2.27. The molecule has 2 aromatic rings. The van der Waals surface area contributed by atoms with Gasteiger partial charge >= 0.3 is 0 Å². The van der Waals surface area contributed by atoms with Crippen molar-refractivity contribution in [2.24, 2.45) is 4.99 Å². The van der Waals surface area contributed by atoms with Crippen LogP contribution in [0.5, 0.6) is 0 Å². The molecule has 25 heavy (non-hydrogen) atoms. The van der Waals surface area contributed by atoms with E-state index < -0.39 is 0 Å². The average molecular weight is 391 g/mol. The number of nitrogens with one attached hydrogen (secondary N) is 1. The number of anilines is 1. The molecule has 0 saturated carbocycles. The minimum absolute atomic E-state index is 0.176. The Bertz CT molecular complexity index is 825. The SMILES string of the molecule is O=C(CSC1=NCCS1)Nc1ccc(Cl)cc1C(=O)c1ccccc1. The maximum absolute atomic E-state index is 12.7. The molecule has 2 aromatic carbocycles. The van der Waals surface area contributed by atoms with Crippen LogP contribution in [0.25, 0.3) is 0 Å². The van der Waals surface area contributed by atoms with Crippen molar-refractivity contribution in [1.82, 2.24) is 0 Å². The number of hydrogen-bond acceptors (Lipinski definition) is 5. The summed E-state index contributed by atoms with van der Waals surface area (Å²) in [5, 5.41) is 3.26. The van der Waals surface area contributed by atoms with Gasteiger partial charge < -0.3 is 5.32 Å². The summed E-state index contributed by atoms with van der Waals surface area (Å²) in [6, 6.07) is 13.8. The first-order valence-corrected chi connectivity index (χ1v) is 9.97. The molecule has 4 nitrogen and oxygen atoms in total. The molecule has 1 heterocycles. The number of rotatable bonds is 5. The number of carbonyl (C=O) groups excluding carboxylic acids is 2. The number of hydrogen-bond donors (Lipinski definition) is 1. The van der Waals surface area contributed by atoms with Crippen molar-refractivity contribution >= 4 is 56.9 Å². The minimum atomic E-state index is -0.179. The van der Waals surface area contributed by atoms with Crippen molar-refractivity contribution in [2.45, 2.75) is 0 Å². The van der Waals surface area contributed by atoms with Gasteiger partial charge in [-0.1, -0.05) is 65.5 Å². The molecule has 0 fully saturated rings. The van der Waals surface area contributed by atoms with Crippen molar-refractivity contribution in [2.75, 3.05) is 23.4 Å². The van der Waals surface area contributed by atoms with Gasteiger partial charge in [0.2, 0.25) is 5.91 Å². The van der Waals surface area contributed by atoms with Crippen molar-refractivity contribution in [3.8, 4) is 0 Å². The van der Waals surface area contributed by atoms with E-state index in [2.05, 4.69) is 10.3 Å². The van der Waals surface area contributed by atoms with Crippen LogP contribution in [0.2, 0.25) is 5.02 Å². The van der Waals surface area contributed by atoms with E-state index in [1.54, 1.807) is 54.2 Å². The molecule has 0 aliphatic carbocycles. The molecule has 1 N–H and O–H groups in total. The van der Waals surface area contributed by atoms with Crippen LogP contribution in [-0.4, -0.2) is 34.1 Å². The molecule has 0 radical (unpaired) electrons. The van der Waals surface area contributed by atoms with E-state index in [4.69, 9.17) is 11.6 Å². The van der Waals surface area contributed by atoms with E-state index in [1.165, 1.54) is 11.8 Å². The summed E-state index contributed by atoms with van der Waals surface area (Å²) in [4.78, 5) is 29.3. The Hall–Kier alpha value is -1.76. The van der Waals surface area contributed by atoms with Gasteiger partial charge in [0.25, 0.3) is 0 Å². The quantitative estimate of drug-likeness (QED) is 0.771. The number of amides is 1. The van der Waals surface area contributed by atoms with Gasteiger partial charge in [0.1, 0.15) is 4.38 Å². The zero-order valence-corrected chi connectivity index (χ0v) is 15.6. The summed E-state index contributed by atoms with van der Waals surface area (Å²) >= 11 is 9.12. The first-order valence-electron chi connectivity index (χ1n) is 7.62. The Labute approximate surface area is 159 Å². The van der Waals surface area contributed by atoms with E-state index in [0.29, 0.717) is 21.8 Å². The summed E-state index contributed by atoms with van der Waals surface area (Å²) in [5.41, 5.74) is 1.39. The number of thioether (sulfide) groups is 2. The highest BCUT2D eigenvalue weighted by molar-refractivity contribution is 8.39. The van der Waals surface area contributed by atoms with Gasteiger partial charge in [-0.3, -0.25) is 14.6 Å². The van der Waals surface area contributed by atoms with Gasteiger partial charge in [-0.05, 0) is 18.2 Å². The van der Waals surface area contributed by atoms with E-state index in [-0.39, 0.29) is 17.4 Å². The highest BCUT2D eigenvalue weighted by atomic mass is 35.5. The van der Waals surface area contributed by atoms with Crippen molar-refractivity contribution < 1.29 is 9.59 Å². The normalized spacial score (nSPS) is 13.4. The maximum atomic E-state index is 12.7. The van der Waals surface area contributed by atoms with E-state index in [1.807, 2.05) is 6.07 Å². The highest BCUT2D eigenvalue weighted by Gasteiger charge is 2.17. The molecule has 0 aromatic heterocycles. The van der Waals surface area contributed by atoms with Crippen LogP contribution in [0.15, 0.2) is 53.5 Å². The number of carbonyl (C=O) groups is 2. The molecular weight excluding hydrogens is 376 g/mol. The van der Waals surface area contributed by atoms with Gasteiger partial charge in [-0.2, -0.15) is 0 Å². The van der Waals surface area contributed by atoms with Crippen LogP contribution >= 0.6 is 35.1 Å². The largest absolute Gasteiger partial charge is 0.325 e. The van der Waals surface area contributed by atoms with Gasteiger partial charge in [-0.25, -0.2) is 0 Å². The number of aliphatic imine (C=N–C) groups is 1. The van der Waals surface area contributed by atoms with Gasteiger partial charge in [0, 0.05) is 21.9 Å². The summed E-state index contributed by atoms with van der Waals surface area (Å²) in [6.07, 6.45) is 0. The molecule has 0 bridgehead atoms. The van der Waals surface area contributed by atoms with E-state index >= 15 is 0 Å². The molecule has 128 valence electrons. The lowest BCUT2D eigenvalue weighted by molar-refractivity contribution is -0.113. The zero-order valence-electron chi connectivity index (χ0n) is 13.2. The smallest absolute Gasteiger partial charge is 0.234 e. The third-order valence-corrected chi connectivity index (χ3v) is 5.91. The second kappa shape index (κ2) is 8.56. The Morgan fingerprint density at radius 2 is 2.00 bits per heavy atom. The average Bonchev–Trinajstić information content (AvgIpc) is 3.15. The van der Waals surface area contributed by atoms with Crippen molar-refractivity contribution in [3.05, 3.63) is 64.7 Å². The first kappa shape index (κ1) is 18.0. The van der Waals surface area contributed by atoms with E-state index in [0.717, 1.165) is 16.7 Å². The highest BCUT2D eigenvalue weighted by Crippen LogP contribution is 2.25. The zero-order chi connectivity index (χ0) is 17.6. The fraction of sp³-hybridized carbons (Fsp3) is 0.167.